The molecule has 2 rings (SSSR count). The van der Waals surface area contributed by atoms with E-state index in [4.69, 9.17) is 4.74 Å². The van der Waals surface area contributed by atoms with E-state index in [2.05, 4.69) is 20.2 Å². The molecule has 0 saturated carbocycles. The average molecular weight is 236 g/mol. The molecule has 0 amide bonds. The van der Waals surface area contributed by atoms with Crippen LogP contribution in [0.15, 0.2) is 6.07 Å². The van der Waals surface area contributed by atoms with Gasteiger partial charge in [0.15, 0.2) is 0 Å². The second kappa shape index (κ2) is 5.42. The highest BCUT2D eigenvalue weighted by atomic mass is 16.5. The summed E-state index contributed by atoms with van der Waals surface area (Å²) in [6, 6.07) is 2.04. The molecular formula is C12H20N4O. The summed E-state index contributed by atoms with van der Waals surface area (Å²) in [6.45, 7) is 7.35. The fourth-order valence-corrected chi connectivity index (χ4v) is 2.14. The third kappa shape index (κ3) is 3.14. The Labute approximate surface area is 102 Å². The van der Waals surface area contributed by atoms with Gasteiger partial charge < -0.3 is 15.0 Å². The lowest BCUT2D eigenvalue weighted by Gasteiger charge is -2.33. The van der Waals surface area contributed by atoms with Gasteiger partial charge in [0.25, 0.3) is 0 Å². The number of ether oxygens (including phenoxy) is 1. The summed E-state index contributed by atoms with van der Waals surface area (Å²) >= 11 is 0. The largest absolute Gasteiger partial charge is 0.373 e. The number of aromatic nitrogens is 2. The zero-order chi connectivity index (χ0) is 12.3. The molecule has 94 valence electrons. The lowest BCUT2D eigenvalue weighted by atomic mass is 10.2. The Kier molecular flexibility index (Phi) is 3.91. The maximum absolute atomic E-state index is 5.68. The van der Waals surface area contributed by atoms with Crippen LogP contribution in [0.5, 0.6) is 0 Å². The van der Waals surface area contributed by atoms with E-state index in [0.717, 1.165) is 43.6 Å². The van der Waals surface area contributed by atoms with E-state index in [0.29, 0.717) is 0 Å². The smallest absolute Gasteiger partial charge is 0.132 e. The first-order valence-corrected chi connectivity index (χ1v) is 6.02. The van der Waals surface area contributed by atoms with Crippen molar-refractivity contribution in [3.63, 3.8) is 0 Å². The highest BCUT2D eigenvalue weighted by Crippen LogP contribution is 2.16. The SMILES string of the molecule is CNCC1CN(c2cc(C)nc(C)n2)CCO1. The van der Waals surface area contributed by atoms with Gasteiger partial charge in [-0.1, -0.05) is 0 Å². The predicted molar refractivity (Wildman–Crippen MR) is 67.4 cm³/mol. The van der Waals surface area contributed by atoms with Crippen LogP contribution in [-0.4, -0.2) is 49.4 Å². The number of morpholine rings is 1. The topological polar surface area (TPSA) is 50.3 Å². The van der Waals surface area contributed by atoms with Crippen molar-refractivity contribution < 1.29 is 4.74 Å². The fraction of sp³-hybridized carbons (Fsp3) is 0.667. The summed E-state index contributed by atoms with van der Waals surface area (Å²) in [4.78, 5) is 11.1. The molecule has 1 unspecified atom stereocenters. The number of hydrogen-bond donors (Lipinski definition) is 1. The molecule has 5 nitrogen and oxygen atoms in total. The van der Waals surface area contributed by atoms with Crippen molar-refractivity contribution in [2.24, 2.45) is 0 Å². The third-order valence-corrected chi connectivity index (χ3v) is 2.85. The predicted octanol–water partition coefficient (Wildman–Crippen LogP) is 0.518. The van der Waals surface area contributed by atoms with Crippen LogP contribution in [0.3, 0.4) is 0 Å². The zero-order valence-corrected chi connectivity index (χ0v) is 10.7. The minimum Gasteiger partial charge on any atom is -0.373 e. The molecule has 0 spiro atoms. The first-order chi connectivity index (χ1) is 8.19. The van der Waals surface area contributed by atoms with Gasteiger partial charge in [0.2, 0.25) is 0 Å². The van der Waals surface area contributed by atoms with Gasteiger partial charge in [-0.3, -0.25) is 0 Å². The lowest BCUT2D eigenvalue weighted by Crippen LogP contribution is -2.46. The Morgan fingerprint density at radius 2 is 2.29 bits per heavy atom. The summed E-state index contributed by atoms with van der Waals surface area (Å²) in [6.07, 6.45) is 0.240. The number of aryl methyl sites for hydroxylation is 2. The molecule has 17 heavy (non-hydrogen) atoms. The number of rotatable bonds is 3. The van der Waals surface area contributed by atoms with Gasteiger partial charge in [-0.2, -0.15) is 0 Å². The van der Waals surface area contributed by atoms with Gasteiger partial charge >= 0.3 is 0 Å². The van der Waals surface area contributed by atoms with Crippen molar-refractivity contribution in [3.8, 4) is 0 Å². The average Bonchev–Trinajstić information content (AvgIpc) is 2.28. The summed E-state index contributed by atoms with van der Waals surface area (Å²) in [5.74, 6) is 1.84. The molecule has 1 aromatic rings. The first-order valence-electron chi connectivity index (χ1n) is 6.02. The van der Waals surface area contributed by atoms with Crippen molar-refractivity contribution in [3.05, 3.63) is 17.6 Å². The summed E-state index contributed by atoms with van der Waals surface area (Å²) < 4.78 is 5.68. The Morgan fingerprint density at radius 1 is 1.47 bits per heavy atom. The molecule has 1 N–H and O–H groups in total. The summed E-state index contributed by atoms with van der Waals surface area (Å²) in [7, 11) is 1.95. The lowest BCUT2D eigenvalue weighted by molar-refractivity contribution is 0.0419. The molecule has 2 heterocycles. The van der Waals surface area contributed by atoms with E-state index in [1.807, 2.05) is 27.0 Å². The van der Waals surface area contributed by atoms with Crippen molar-refractivity contribution in [2.75, 3.05) is 38.2 Å². The Hall–Kier alpha value is -1.20. The molecule has 0 aromatic carbocycles. The second-order valence-corrected chi connectivity index (χ2v) is 4.41. The molecule has 1 saturated heterocycles. The van der Waals surface area contributed by atoms with Crippen LogP contribution in [0.25, 0.3) is 0 Å². The molecular weight excluding hydrogens is 216 g/mol. The van der Waals surface area contributed by atoms with Crippen LogP contribution < -0.4 is 10.2 Å². The van der Waals surface area contributed by atoms with Crippen molar-refractivity contribution >= 4 is 5.82 Å². The number of likely N-dealkylation sites (N-methyl/N-ethyl adjacent to an activating group) is 1. The van der Waals surface area contributed by atoms with Gasteiger partial charge in [0, 0.05) is 31.4 Å². The Morgan fingerprint density at radius 3 is 3.00 bits per heavy atom. The number of nitrogens with zero attached hydrogens (tertiary/aromatic N) is 3. The molecule has 0 radical (unpaired) electrons. The van der Waals surface area contributed by atoms with Crippen molar-refractivity contribution in [2.45, 2.75) is 20.0 Å². The van der Waals surface area contributed by atoms with Gasteiger partial charge in [0.1, 0.15) is 11.6 Å². The maximum Gasteiger partial charge on any atom is 0.132 e. The van der Waals surface area contributed by atoms with Crippen LogP contribution in [0.2, 0.25) is 0 Å². The van der Waals surface area contributed by atoms with Crippen molar-refractivity contribution in [1.82, 2.24) is 15.3 Å². The van der Waals surface area contributed by atoms with Crippen LogP contribution >= 0.6 is 0 Å². The van der Waals surface area contributed by atoms with Crippen molar-refractivity contribution in [1.29, 1.82) is 0 Å². The van der Waals surface area contributed by atoms with Crippen LogP contribution in [0.1, 0.15) is 11.5 Å². The molecule has 1 aliphatic heterocycles. The van der Waals surface area contributed by atoms with E-state index in [1.54, 1.807) is 0 Å². The molecule has 1 aliphatic rings. The number of anilines is 1. The second-order valence-electron chi connectivity index (χ2n) is 4.41. The van der Waals surface area contributed by atoms with Gasteiger partial charge in [-0.15, -0.1) is 0 Å². The highest BCUT2D eigenvalue weighted by molar-refractivity contribution is 5.40. The molecule has 5 heteroatoms. The van der Waals surface area contributed by atoms with Gasteiger partial charge in [-0.25, -0.2) is 9.97 Å². The number of nitrogens with one attached hydrogen (secondary N) is 1. The van der Waals surface area contributed by atoms with E-state index < -0.39 is 0 Å². The molecule has 0 aliphatic carbocycles. The molecule has 1 atom stereocenters. The number of hydrogen-bond acceptors (Lipinski definition) is 5. The standard InChI is InChI=1S/C12H20N4O/c1-9-6-12(15-10(2)14-9)16-4-5-17-11(8-16)7-13-3/h6,11,13H,4-5,7-8H2,1-3H3. The minimum absolute atomic E-state index is 0.240. The zero-order valence-electron chi connectivity index (χ0n) is 10.7. The summed E-state index contributed by atoms with van der Waals surface area (Å²) in [5.41, 5.74) is 1.02. The summed E-state index contributed by atoms with van der Waals surface area (Å²) in [5, 5.41) is 3.15. The quantitative estimate of drug-likeness (QED) is 0.829. The fourth-order valence-electron chi connectivity index (χ4n) is 2.14. The normalized spacial score (nSPS) is 20.6. The van der Waals surface area contributed by atoms with E-state index in [1.165, 1.54) is 0 Å². The minimum atomic E-state index is 0.240. The highest BCUT2D eigenvalue weighted by Gasteiger charge is 2.21. The third-order valence-electron chi connectivity index (χ3n) is 2.85. The van der Waals surface area contributed by atoms with E-state index in [9.17, 15) is 0 Å². The Balaban J connectivity index is 2.10. The molecule has 1 fully saturated rings. The van der Waals surface area contributed by atoms with E-state index in [-0.39, 0.29) is 6.10 Å². The Bertz CT molecular complexity index is 361. The molecule has 1 aromatic heterocycles. The monoisotopic (exact) mass is 236 g/mol. The van der Waals surface area contributed by atoms with Gasteiger partial charge in [0.05, 0.1) is 12.7 Å². The molecule has 0 bridgehead atoms. The van der Waals surface area contributed by atoms with Gasteiger partial charge in [-0.05, 0) is 20.9 Å². The first kappa shape index (κ1) is 12.3. The van der Waals surface area contributed by atoms with Crippen LogP contribution in [0, 0.1) is 13.8 Å². The van der Waals surface area contributed by atoms with Crippen LogP contribution in [-0.2, 0) is 4.74 Å². The maximum atomic E-state index is 5.68. The van der Waals surface area contributed by atoms with Crippen LogP contribution in [0.4, 0.5) is 5.82 Å². The van der Waals surface area contributed by atoms with E-state index >= 15 is 0 Å².